The quantitative estimate of drug-likeness (QED) is 0.769. The number of rotatable bonds is 3. The van der Waals surface area contributed by atoms with Gasteiger partial charge >= 0.3 is 5.97 Å². The molecule has 1 amide bonds. The summed E-state index contributed by atoms with van der Waals surface area (Å²) < 4.78 is 5.74. The highest BCUT2D eigenvalue weighted by Crippen LogP contribution is 2.48. The van der Waals surface area contributed by atoms with Gasteiger partial charge in [0.25, 0.3) is 0 Å². The molecule has 1 saturated heterocycles. The lowest BCUT2D eigenvalue weighted by Crippen LogP contribution is -2.50. The molecule has 2 aliphatic carbocycles. The van der Waals surface area contributed by atoms with E-state index in [4.69, 9.17) is 4.74 Å². The van der Waals surface area contributed by atoms with Crippen LogP contribution in [0.2, 0.25) is 0 Å². The van der Waals surface area contributed by atoms with Gasteiger partial charge in [-0.15, -0.1) is 0 Å². The van der Waals surface area contributed by atoms with Crippen molar-refractivity contribution in [3.63, 3.8) is 0 Å². The SMILES string of the molecule is CC12C=CC(O1)C(C(=O)O)C2C(=O)NC1CC2CCC1C2. The maximum Gasteiger partial charge on any atom is 0.310 e. The zero-order valence-electron chi connectivity index (χ0n) is 12.1. The molecule has 0 aromatic carbocycles. The number of hydrogen-bond acceptors (Lipinski definition) is 3. The minimum absolute atomic E-state index is 0.144. The van der Waals surface area contributed by atoms with E-state index in [1.807, 2.05) is 13.0 Å². The summed E-state index contributed by atoms with van der Waals surface area (Å²) >= 11 is 0. The maximum absolute atomic E-state index is 12.7. The molecule has 4 rings (SSSR count). The van der Waals surface area contributed by atoms with Crippen molar-refractivity contribution in [2.24, 2.45) is 23.7 Å². The van der Waals surface area contributed by atoms with Crippen LogP contribution in [0.3, 0.4) is 0 Å². The Balaban J connectivity index is 1.53. The van der Waals surface area contributed by atoms with Crippen molar-refractivity contribution in [2.75, 3.05) is 0 Å². The van der Waals surface area contributed by atoms with Gasteiger partial charge in [-0.1, -0.05) is 18.6 Å². The van der Waals surface area contributed by atoms with Gasteiger partial charge in [0.2, 0.25) is 5.91 Å². The van der Waals surface area contributed by atoms with Crippen molar-refractivity contribution in [1.82, 2.24) is 5.32 Å². The second kappa shape index (κ2) is 4.32. The Morgan fingerprint density at radius 3 is 2.76 bits per heavy atom. The van der Waals surface area contributed by atoms with Gasteiger partial charge in [-0.3, -0.25) is 9.59 Å². The summed E-state index contributed by atoms with van der Waals surface area (Å²) in [6, 6.07) is 0.234. The largest absolute Gasteiger partial charge is 0.481 e. The average molecular weight is 291 g/mol. The maximum atomic E-state index is 12.7. The Morgan fingerprint density at radius 2 is 2.14 bits per heavy atom. The van der Waals surface area contributed by atoms with Crippen LogP contribution in [0, 0.1) is 23.7 Å². The van der Waals surface area contributed by atoms with E-state index in [-0.39, 0.29) is 11.9 Å². The molecule has 4 aliphatic rings. The Bertz CT molecular complexity index is 530. The first-order valence-electron chi connectivity index (χ1n) is 7.88. The average Bonchev–Trinajstić information content (AvgIpc) is 3.14. The number of amides is 1. The van der Waals surface area contributed by atoms with E-state index in [1.54, 1.807) is 6.08 Å². The fraction of sp³-hybridized carbons (Fsp3) is 0.750. The monoisotopic (exact) mass is 291 g/mol. The van der Waals surface area contributed by atoms with Gasteiger partial charge in [0.05, 0.1) is 17.6 Å². The summed E-state index contributed by atoms with van der Waals surface area (Å²) in [5.41, 5.74) is -0.768. The lowest BCUT2D eigenvalue weighted by Gasteiger charge is -2.31. The topological polar surface area (TPSA) is 75.6 Å². The number of carboxylic acid groups (broad SMARTS) is 1. The van der Waals surface area contributed by atoms with E-state index in [1.165, 1.54) is 19.3 Å². The third-order valence-electron chi connectivity index (χ3n) is 5.97. The third kappa shape index (κ3) is 1.86. The molecule has 2 aliphatic heterocycles. The lowest BCUT2D eigenvalue weighted by molar-refractivity contribution is -0.147. The molecule has 0 aromatic rings. The standard InChI is InChI=1S/C16H21NO4/c1-16-5-4-11(21-16)12(15(19)20)13(16)14(18)17-10-7-8-2-3-9(10)6-8/h4-5,8-13H,2-3,6-7H2,1H3,(H,17,18)(H,19,20). The molecule has 21 heavy (non-hydrogen) atoms. The van der Waals surface area contributed by atoms with Crippen LogP contribution in [0.1, 0.15) is 32.6 Å². The van der Waals surface area contributed by atoms with Crippen LogP contribution >= 0.6 is 0 Å². The summed E-state index contributed by atoms with van der Waals surface area (Å²) in [5, 5.41) is 12.6. The number of nitrogens with one attached hydrogen (secondary N) is 1. The number of hydrogen-bond donors (Lipinski definition) is 2. The fourth-order valence-electron chi connectivity index (χ4n) is 4.97. The Morgan fingerprint density at radius 1 is 1.33 bits per heavy atom. The van der Waals surface area contributed by atoms with Gasteiger partial charge < -0.3 is 15.2 Å². The van der Waals surface area contributed by atoms with Crippen LogP contribution in [0.25, 0.3) is 0 Å². The second-order valence-corrected chi connectivity index (χ2v) is 7.26. The Labute approximate surface area is 123 Å². The summed E-state index contributed by atoms with van der Waals surface area (Å²) in [7, 11) is 0. The van der Waals surface area contributed by atoms with E-state index in [9.17, 15) is 14.7 Å². The highest BCUT2D eigenvalue weighted by atomic mass is 16.5. The van der Waals surface area contributed by atoms with Crippen molar-refractivity contribution < 1.29 is 19.4 Å². The first-order valence-corrected chi connectivity index (χ1v) is 7.88. The zero-order valence-corrected chi connectivity index (χ0v) is 12.1. The lowest BCUT2D eigenvalue weighted by atomic mass is 9.75. The molecule has 2 N–H and O–H groups in total. The molecule has 7 atom stereocenters. The molecule has 114 valence electrons. The molecule has 2 saturated carbocycles. The van der Waals surface area contributed by atoms with Crippen LogP contribution < -0.4 is 5.32 Å². The van der Waals surface area contributed by atoms with Crippen LogP contribution in [-0.2, 0) is 14.3 Å². The molecular formula is C16H21NO4. The van der Waals surface area contributed by atoms with Gasteiger partial charge in [0.15, 0.2) is 0 Å². The van der Waals surface area contributed by atoms with E-state index < -0.39 is 29.5 Å². The summed E-state index contributed by atoms with van der Waals surface area (Å²) in [4.78, 5) is 24.2. The third-order valence-corrected chi connectivity index (χ3v) is 5.97. The minimum Gasteiger partial charge on any atom is -0.481 e. The normalized spacial score (nSPS) is 49.8. The van der Waals surface area contributed by atoms with Gasteiger partial charge in [0.1, 0.15) is 5.92 Å². The molecule has 4 bridgehead atoms. The van der Waals surface area contributed by atoms with Gasteiger partial charge in [-0.05, 0) is 38.0 Å². The predicted octanol–water partition coefficient (Wildman–Crippen LogP) is 1.34. The van der Waals surface area contributed by atoms with Gasteiger partial charge in [-0.25, -0.2) is 0 Å². The number of carbonyl (C=O) groups is 2. The Kier molecular flexibility index (Phi) is 2.74. The first-order chi connectivity index (χ1) is 9.98. The summed E-state index contributed by atoms with van der Waals surface area (Å²) in [6.45, 7) is 1.82. The van der Waals surface area contributed by atoms with Crippen LogP contribution in [0.15, 0.2) is 12.2 Å². The van der Waals surface area contributed by atoms with Crippen molar-refractivity contribution in [2.45, 2.75) is 50.4 Å². The van der Waals surface area contributed by atoms with Crippen molar-refractivity contribution in [3.05, 3.63) is 12.2 Å². The number of aliphatic carboxylic acids is 1. The number of carboxylic acids is 1. The summed E-state index contributed by atoms with van der Waals surface area (Å²) in [5.74, 6) is -1.13. The fourth-order valence-corrected chi connectivity index (χ4v) is 4.97. The van der Waals surface area contributed by atoms with Crippen LogP contribution in [-0.4, -0.2) is 34.7 Å². The second-order valence-electron chi connectivity index (χ2n) is 7.26. The molecule has 5 nitrogen and oxygen atoms in total. The number of fused-ring (bicyclic) bond motifs is 4. The molecule has 7 unspecified atom stereocenters. The van der Waals surface area contributed by atoms with E-state index >= 15 is 0 Å². The zero-order chi connectivity index (χ0) is 14.8. The molecule has 5 heteroatoms. The van der Waals surface area contributed by atoms with Gasteiger partial charge in [0, 0.05) is 6.04 Å². The minimum atomic E-state index is -0.943. The molecule has 0 aromatic heterocycles. The number of carbonyl (C=O) groups excluding carboxylic acids is 1. The first kappa shape index (κ1) is 13.3. The molecule has 0 spiro atoms. The van der Waals surface area contributed by atoms with Crippen LogP contribution in [0.4, 0.5) is 0 Å². The van der Waals surface area contributed by atoms with E-state index in [2.05, 4.69) is 5.32 Å². The molecule has 0 radical (unpaired) electrons. The van der Waals surface area contributed by atoms with E-state index in [0.29, 0.717) is 5.92 Å². The van der Waals surface area contributed by atoms with Gasteiger partial charge in [-0.2, -0.15) is 0 Å². The van der Waals surface area contributed by atoms with Crippen molar-refractivity contribution >= 4 is 11.9 Å². The highest BCUT2D eigenvalue weighted by Gasteiger charge is 2.60. The van der Waals surface area contributed by atoms with Crippen LogP contribution in [0.5, 0.6) is 0 Å². The predicted molar refractivity (Wildman–Crippen MR) is 74.4 cm³/mol. The molecule has 2 heterocycles. The molecule has 3 fully saturated rings. The summed E-state index contributed by atoms with van der Waals surface area (Å²) in [6.07, 6.45) is 7.90. The Hall–Kier alpha value is -1.36. The highest BCUT2D eigenvalue weighted by molar-refractivity contribution is 5.88. The van der Waals surface area contributed by atoms with Crippen molar-refractivity contribution in [1.29, 1.82) is 0 Å². The van der Waals surface area contributed by atoms with E-state index in [0.717, 1.165) is 12.3 Å². The molecular weight excluding hydrogens is 270 g/mol. The van der Waals surface area contributed by atoms with Crippen molar-refractivity contribution in [3.8, 4) is 0 Å². The number of ether oxygens (including phenoxy) is 1. The smallest absolute Gasteiger partial charge is 0.310 e.